The molecule has 0 amide bonds. The second kappa shape index (κ2) is 10.2. The van der Waals surface area contributed by atoms with Crippen molar-refractivity contribution in [3.63, 3.8) is 0 Å². The summed E-state index contributed by atoms with van der Waals surface area (Å²) in [6.07, 6.45) is 2.44. The summed E-state index contributed by atoms with van der Waals surface area (Å²) in [5.41, 5.74) is 0.939. The number of hydrogen-bond acceptors (Lipinski definition) is 5. The molecule has 4 rings (SSSR count). The number of benzene rings is 3. The summed E-state index contributed by atoms with van der Waals surface area (Å²) in [5, 5.41) is 9.81. The summed E-state index contributed by atoms with van der Waals surface area (Å²) < 4.78 is 48.2. The van der Waals surface area contributed by atoms with E-state index in [0.29, 0.717) is 23.6 Å². The van der Waals surface area contributed by atoms with Gasteiger partial charge >= 0.3 is 0 Å². The highest BCUT2D eigenvalue weighted by atomic mass is 32.2. The van der Waals surface area contributed by atoms with Crippen LogP contribution in [0, 0.1) is 5.82 Å². The van der Waals surface area contributed by atoms with Crippen molar-refractivity contribution in [3.8, 4) is 11.5 Å². The van der Waals surface area contributed by atoms with Crippen molar-refractivity contribution in [2.45, 2.75) is 24.3 Å². The van der Waals surface area contributed by atoms with Crippen LogP contribution in [0.3, 0.4) is 0 Å². The van der Waals surface area contributed by atoms with Gasteiger partial charge in [0.05, 0.1) is 12.2 Å². The molecule has 33 heavy (non-hydrogen) atoms. The number of rotatable bonds is 9. The van der Waals surface area contributed by atoms with Crippen LogP contribution in [0.1, 0.15) is 18.4 Å². The SMILES string of the molecule is O=S(=O)(c1ccccc1F)N(Cc1cccc(O)c1)c1ccc(OCCN2CCCC2)cc1. The summed E-state index contributed by atoms with van der Waals surface area (Å²) in [6, 6.07) is 18.4. The zero-order valence-corrected chi connectivity index (χ0v) is 19.0. The highest BCUT2D eigenvalue weighted by Gasteiger charge is 2.28. The minimum Gasteiger partial charge on any atom is -0.508 e. The topological polar surface area (TPSA) is 70.1 Å². The van der Waals surface area contributed by atoms with Crippen LogP contribution in [0.25, 0.3) is 0 Å². The molecule has 0 saturated carbocycles. The molecule has 6 nitrogen and oxygen atoms in total. The van der Waals surface area contributed by atoms with Crippen molar-refractivity contribution in [1.82, 2.24) is 4.90 Å². The molecule has 1 heterocycles. The highest BCUT2D eigenvalue weighted by Crippen LogP contribution is 2.29. The molecule has 1 aliphatic heterocycles. The average molecular weight is 471 g/mol. The van der Waals surface area contributed by atoms with Crippen LogP contribution in [-0.2, 0) is 16.6 Å². The summed E-state index contributed by atoms with van der Waals surface area (Å²) in [5.74, 6) is -0.156. The number of likely N-dealkylation sites (tertiary alicyclic amines) is 1. The fourth-order valence-corrected chi connectivity index (χ4v) is 5.44. The van der Waals surface area contributed by atoms with Gasteiger partial charge in [-0.2, -0.15) is 0 Å². The van der Waals surface area contributed by atoms with E-state index < -0.39 is 20.7 Å². The molecule has 0 bridgehead atoms. The van der Waals surface area contributed by atoms with E-state index >= 15 is 0 Å². The zero-order chi connectivity index (χ0) is 23.3. The number of sulfonamides is 1. The maximum atomic E-state index is 14.4. The molecule has 0 aromatic heterocycles. The number of phenolic OH excluding ortho intramolecular Hbond substituents is 1. The van der Waals surface area contributed by atoms with Crippen LogP contribution in [0.2, 0.25) is 0 Å². The third-order valence-corrected chi connectivity index (χ3v) is 7.45. The van der Waals surface area contributed by atoms with E-state index in [1.807, 2.05) is 0 Å². The molecular formula is C25H27FN2O4S. The van der Waals surface area contributed by atoms with Gasteiger partial charge in [-0.25, -0.2) is 12.8 Å². The van der Waals surface area contributed by atoms with Crippen LogP contribution in [-0.4, -0.2) is 44.7 Å². The number of hydrogen-bond donors (Lipinski definition) is 1. The van der Waals surface area contributed by atoms with Crippen LogP contribution < -0.4 is 9.04 Å². The van der Waals surface area contributed by atoms with Gasteiger partial charge in [-0.1, -0.05) is 24.3 Å². The second-order valence-electron chi connectivity index (χ2n) is 8.00. The number of ether oxygens (including phenoxy) is 1. The Kier molecular flexibility index (Phi) is 7.15. The Hall–Kier alpha value is -3.10. The molecule has 1 fully saturated rings. The molecule has 0 radical (unpaired) electrons. The molecule has 0 atom stereocenters. The van der Waals surface area contributed by atoms with E-state index in [4.69, 9.17) is 4.74 Å². The van der Waals surface area contributed by atoms with E-state index in [-0.39, 0.29) is 12.3 Å². The Morgan fingerprint density at radius 2 is 1.70 bits per heavy atom. The monoisotopic (exact) mass is 470 g/mol. The number of aromatic hydroxyl groups is 1. The summed E-state index contributed by atoms with van der Waals surface area (Å²) in [4.78, 5) is 1.95. The number of phenols is 1. The molecule has 3 aromatic carbocycles. The highest BCUT2D eigenvalue weighted by molar-refractivity contribution is 7.92. The van der Waals surface area contributed by atoms with Crippen molar-refractivity contribution < 1.29 is 22.7 Å². The zero-order valence-electron chi connectivity index (χ0n) is 18.2. The van der Waals surface area contributed by atoms with Gasteiger partial charge in [-0.05, 0) is 80.0 Å². The average Bonchev–Trinajstić information content (AvgIpc) is 3.32. The van der Waals surface area contributed by atoms with Crippen molar-refractivity contribution in [3.05, 3.63) is 84.2 Å². The summed E-state index contributed by atoms with van der Waals surface area (Å²) in [6.45, 7) is 3.54. The molecule has 8 heteroatoms. The fourth-order valence-electron chi connectivity index (χ4n) is 3.92. The van der Waals surface area contributed by atoms with Crippen LogP contribution in [0.15, 0.2) is 77.7 Å². The van der Waals surface area contributed by atoms with E-state index in [0.717, 1.165) is 30.0 Å². The molecule has 174 valence electrons. The Morgan fingerprint density at radius 1 is 0.970 bits per heavy atom. The first-order chi connectivity index (χ1) is 15.9. The molecular weight excluding hydrogens is 443 g/mol. The largest absolute Gasteiger partial charge is 0.508 e. The van der Waals surface area contributed by atoms with Gasteiger partial charge in [-0.15, -0.1) is 0 Å². The number of anilines is 1. The standard InChI is InChI=1S/C25H27FN2O4S/c26-24-8-1-2-9-25(24)33(30,31)28(19-20-6-5-7-22(29)18-20)21-10-12-23(13-11-21)32-17-16-27-14-3-4-15-27/h1-2,5-13,18,29H,3-4,14-17,19H2. The number of halogens is 1. The predicted molar refractivity (Wildman–Crippen MR) is 125 cm³/mol. The van der Waals surface area contributed by atoms with Gasteiger partial charge in [0.1, 0.15) is 28.8 Å². The van der Waals surface area contributed by atoms with Gasteiger partial charge in [0, 0.05) is 6.54 Å². The quantitative estimate of drug-likeness (QED) is 0.502. The van der Waals surface area contributed by atoms with Crippen LogP contribution >= 0.6 is 0 Å². The lowest BCUT2D eigenvalue weighted by molar-refractivity contribution is 0.238. The van der Waals surface area contributed by atoms with Gasteiger partial charge in [0.2, 0.25) is 0 Å². The lowest BCUT2D eigenvalue weighted by Crippen LogP contribution is -2.31. The smallest absolute Gasteiger partial charge is 0.267 e. The molecule has 1 aliphatic rings. The van der Waals surface area contributed by atoms with Gasteiger partial charge in [-0.3, -0.25) is 9.21 Å². The van der Waals surface area contributed by atoms with E-state index in [1.54, 1.807) is 36.4 Å². The summed E-state index contributed by atoms with van der Waals surface area (Å²) in [7, 11) is -4.21. The first-order valence-corrected chi connectivity index (χ1v) is 12.4. The third-order valence-electron chi connectivity index (χ3n) is 5.64. The molecule has 1 N–H and O–H groups in total. The lowest BCUT2D eigenvalue weighted by atomic mass is 10.2. The van der Waals surface area contributed by atoms with Crippen molar-refractivity contribution in [2.75, 3.05) is 30.5 Å². The lowest BCUT2D eigenvalue weighted by Gasteiger charge is -2.25. The molecule has 1 saturated heterocycles. The van der Waals surface area contributed by atoms with E-state index in [2.05, 4.69) is 4.90 Å². The first-order valence-electron chi connectivity index (χ1n) is 10.9. The fraction of sp³-hybridized carbons (Fsp3) is 0.280. The van der Waals surface area contributed by atoms with Crippen molar-refractivity contribution in [2.24, 2.45) is 0 Å². The van der Waals surface area contributed by atoms with Gasteiger partial charge < -0.3 is 9.84 Å². The normalized spacial score (nSPS) is 14.3. The third kappa shape index (κ3) is 5.64. The summed E-state index contributed by atoms with van der Waals surface area (Å²) >= 11 is 0. The second-order valence-corrected chi connectivity index (χ2v) is 9.83. The van der Waals surface area contributed by atoms with E-state index in [9.17, 15) is 17.9 Å². The minimum atomic E-state index is -4.21. The predicted octanol–water partition coefficient (Wildman–Crippen LogP) is 4.40. The van der Waals surface area contributed by atoms with Gasteiger partial charge in [0.25, 0.3) is 10.0 Å². The Bertz CT molecular complexity index is 1180. The molecule has 0 aliphatic carbocycles. The molecule has 0 unspecified atom stereocenters. The van der Waals surface area contributed by atoms with Crippen LogP contribution in [0.4, 0.5) is 10.1 Å². The Balaban J connectivity index is 1.58. The van der Waals surface area contributed by atoms with E-state index in [1.165, 1.54) is 43.2 Å². The minimum absolute atomic E-state index is 0.0255. The van der Waals surface area contributed by atoms with Crippen LogP contribution in [0.5, 0.6) is 11.5 Å². The Morgan fingerprint density at radius 3 is 2.39 bits per heavy atom. The molecule has 0 spiro atoms. The maximum Gasteiger partial charge on any atom is 0.267 e. The van der Waals surface area contributed by atoms with Crippen molar-refractivity contribution >= 4 is 15.7 Å². The first kappa shape index (κ1) is 23.1. The number of nitrogens with zero attached hydrogens (tertiary/aromatic N) is 2. The Labute approximate surface area is 193 Å². The van der Waals surface area contributed by atoms with Gasteiger partial charge in [0.15, 0.2) is 0 Å². The van der Waals surface area contributed by atoms with Crippen molar-refractivity contribution in [1.29, 1.82) is 0 Å². The maximum absolute atomic E-state index is 14.4. The molecule has 3 aromatic rings.